The number of carbonyl (C=O) groups excluding carboxylic acids is 4. The van der Waals surface area contributed by atoms with Crippen LogP contribution in [0.3, 0.4) is 0 Å². The molecule has 33 heavy (non-hydrogen) atoms. The van der Waals surface area contributed by atoms with Crippen molar-refractivity contribution in [1.29, 1.82) is 0 Å². The lowest BCUT2D eigenvalue weighted by Crippen LogP contribution is -2.51. The van der Waals surface area contributed by atoms with E-state index in [0.29, 0.717) is 19.3 Å². The van der Waals surface area contributed by atoms with Crippen LogP contribution in [0.15, 0.2) is 30.3 Å². The van der Waals surface area contributed by atoms with E-state index in [2.05, 4.69) is 21.3 Å². The quantitative estimate of drug-likeness (QED) is 0.139. The summed E-state index contributed by atoms with van der Waals surface area (Å²) in [5.74, 6) is -2.53. The fraction of sp³-hybridized carbons (Fsp3) is 0.500. The molecule has 5 N–H and O–H groups in total. The van der Waals surface area contributed by atoms with Crippen LogP contribution >= 0.6 is 0 Å². The maximum Gasteiger partial charge on any atom is 0.311 e. The maximum absolute atomic E-state index is 12.6. The first-order valence-electron chi connectivity index (χ1n) is 10.7. The molecule has 0 aromatic heterocycles. The zero-order chi connectivity index (χ0) is 24.1. The van der Waals surface area contributed by atoms with Crippen LogP contribution in [0.5, 0.6) is 0 Å². The molecule has 1 atom stereocenters. The molecule has 0 radical (unpaired) electrons. The second-order valence-electron chi connectivity index (χ2n) is 7.91. The molecule has 0 heterocycles. The Morgan fingerprint density at radius 1 is 1.03 bits per heavy atom. The third-order valence-corrected chi connectivity index (χ3v) is 5.47. The van der Waals surface area contributed by atoms with Gasteiger partial charge in [0.25, 0.3) is 0 Å². The van der Waals surface area contributed by atoms with Gasteiger partial charge in [-0.25, -0.2) is 0 Å². The molecule has 0 saturated heterocycles. The lowest BCUT2D eigenvalue weighted by atomic mass is 9.87. The molecule has 11 heteroatoms. The Labute approximate surface area is 191 Å². The predicted molar refractivity (Wildman–Crippen MR) is 117 cm³/mol. The van der Waals surface area contributed by atoms with Crippen LogP contribution in [0, 0.1) is 5.41 Å². The Morgan fingerprint density at radius 3 is 2.36 bits per heavy atom. The second-order valence-corrected chi connectivity index (χ2v) is 7.91. The number of aliphatic carboxylic acids is 1. The molecule has 1 aromatic carbocycles. The van der Waals surface area contributed by atoms with E-state index in [0.717, 1.165) is 18.4 Å². The van der Waals surface area contributed by atoms with Crippen LogP contribution < -0.4 is 21.3 Å². The van der Waals surface area contributed by atoms with E-state index in [1.165, 1.54) is 0 Å². The highest BCUT2D eigenvalue weighted by Gasteiger charge is 2.41. The van der Waals surface area contributed by atoms with Gasteiger partial charge in [-0.15, -0.1) is 0 Å². The van der Waals surface area contributed by atoms with Crippen molar-refractivity contribution in [3.05, 3.63) is 35.9 Å². The molecular formula is C22H30N4O7. The van der Waals surface area contributed by atoms with Crippen LogP contribution in [0.2, 0.25) is 0 Å². The number of benzene rings is 1. The Balaban J connectivity index is 1.79. The van der Waals surface area contributed by atoms with Gasteiger partial charge in [0.2, 0.25) is 24.1 Å². The van der Waals surface area contributed by atoms with Crippen molar-refractivity contribution in [2.24, 2.45) is 5.41 Å². The monoisotopic (exact) mass is 462 g/mol. The summed E-state index contributed by atoms with van der Waals surface area (Å²) in [4.78, 5) is 58.5. The average Bonchev–Trinajstić information content (AvgIpc) is 3.29. The van der Waals surface area contributed by atoms with Gasteiger partial charge in [0.15, 0.2) is 0 Å². The molecule has 1 saturated carbocycles. The number of hydrogen-bond donors (Lipinski definition) is 5. The number of ether oxygens (including phenoxy) is 1. The maximum atomic E-state index is 12.6. The first-order chi connectivity index (χ1) is 15.9. The topological polar surface area (TPSA) is 163 Å². The zero-order valence-electron chi connectivity index (χ0n) is 18.3. The van der Waals surface area contributed by atoms with Crippen LogP contribution in [-0.4, -0.2) is 67.7 Å². The Bertz CT molecular complexity index is 825. The van der Waals surface area contributed by atoms with E-state index < -0.39 is 35.1 Å². The molecule has 2 rings (SSSR count). The highest BCUT2D eigenvalue weighted by atomic mass is 16.5. The Kier molecular flexibility index (Phi) is 10.3. The van der Waals surface area contributed by atoms with Gasteiger partial charge in [-0.05, 0) is 18.4 Å². The summed E-state index contributed by atoms with van der Waals surface area (Å²) in [6.45, 7) is -0.794. The van der Waals surface area contributed by atoms with E-state index in [-0.39, 0.29) is 32.8 Å². The Hall–Kier alpha value is -3.47. The third kappa shape index (κ3) is 8.53. The number of carbonyl (C=O) groups is 5. The van der Waals surface area contributed by atoms with E-state index in [9.17, 15) is 29.1 Å². The summed E-state index contributed by atoms with van der Waals surface area (Å²) in [7, 11) is 0. The van der Waals surface area contributed by atoms with Crippen LogP contribution in [0.1, 0.15) is 31.2 Å². The number of nitrogens with one attached hydrogen (secondary N) is 4. The Morgan fingerprint density at radius 2 is 1.73 bits per heavy atom. The van der Waals surface area contributed by atoms with E-state index in [1.54, 1.807) is 24.3 Å². The first kappa shape index (κ1) is 25.8. The second kappa shape index (κ2) is 13.2. The number of carboxylic acids is 1. The van der Waals surface area contributed by atoms with Gasteiger partial charge in [0.1, 0.15) is 12.8 Å². The van der Waals surface area contributed by atoms with Crippen molar-refractivity contribution in [3.63, 3.8) is 0 Å². The predicted octanol–water partition coefficient (Wildman–Crippen LogP) is -0.689. The molecular weight excluding hydrogens is 432 g/mol. The van der Waals surface area contributed by atoms with Gasteiger partial charge in [-0.2, -0.15) is 0 Å². The molecule has 0 aliphatic heterocycles. The van der Waals surface area contributed by atoms with Crippen molar-refractivity contribution < 1.29 is 33.8 Å². The average molecular weight is 463 g/mol. The summed E-state index contributed by atoms with van der Waals surface area (Å²) in [5.41, 5.74) is -0.0982. The number of amides is 4. The zero-order valence-corrected chi connectivity index (χ0v) is 18.3. The van der Waals surface area contributed by atoms with E-state index in [4.69, 9.17) is 4.74 Å². The summed E-state index contributed by atoms with van der Waals surface area (Å²) in [6.07, 6.45) is 3.33. The summed E-state index contributed by atoms with van der Waals surface area (Å²) in [5, 5.41) is 19.1. The van der Waals surface area contributed by atoms with Gasteiger partial charge in [0.05, 0.1) is 25.1 Å². The fourth-order valence-corrected chi connectivity index (χ4v) is 3.64. The number of hydrogen-bond acceptors (Lipinski definition) is 6. The largest absolute Gasteiger partial charge is 0.481 e. The molecule has 0 bridgehead atoms. The highest BCUT2D eigenvalue weighted by molar-refractivity contribution is 5.91. The van der Waals surface area contributed by atoms with Crippen LogP contribution in [0.4, 0.5) is 0 Å². The van der Waals surface area contributed by atoms with Gasteiger partial charge in [-0.3, -0.25) is 24.0 Å². The molecule has 1 fully saturated rings. The minimum Gasteiger partial charge on any atom is -0.481 e. The number of rotatable bonds is 14. The van der Waals surface area contributed by atoms with E-state index >= 15 is 0 Å². The van der Waals surface area contributed by atoms with Crippen molar-refractivity contribution in [1.82, 2.24) is 21.3 Å². The molecule has 1 aliphatic rings. The van der Waals surface area contributed by atoms with E-state index in [1.807, 2.05) is 6.07 Å². The van der Waals surface area contributed by atoms with Gasteiger partial charge in [-0.1, -0.05) is 43.2 Å². The SMILES string of the molecule is O=CNCC(=O)NC(Cc1ccccc1)C(=O)NCC(=O)NCOCC1(C(=O)O)CCCC1. The first-order valence-corrected chi connectivity index (χ1v) is 10.7. The van der Waals surface area contributed by atoms with Gasteiger partial charge >= 0.3 is 5.97 Å². The third-order valence-electron chi connectivity index (χ3n) is 5.47. The molecule has 11 nitrogen and oxygen atoms in total. The van der Waals surface area contributed by atoms with Gasteiger partial charge < -0.3 is 31.1 Å². The minimum absolute atomic E-state index is 0.00891. The fourth-order valence-electron chi connectivity index (χ4n) is 3.64. The molecule has 1 aromatic rings. The highest BCUT2D eigenvalue weighted by Crippen LogP contribution is 2.38. The van der Waals surface area contributed by atoms with Crippen molar-refractivity contribution in [3.8, 4) is 0 Å². The normalized spacial score (nSPS) is 15.2. The molecule has 1 aliphatic carbocycles. The van der Waals surface area contributed by atoms with Crippen LogP contribution in [-0.2, 0) is 35.1 Å². The van der Waals surface area contributed by atoms with Gasteiger partial charge in [0, 0.05) is 6.42 Å². The standard InChI is InChI=1S/C22H30N4O7/c27-14-23-11-19(29)26-17(10-16-6-2-1-3-7-16)20(30)24-12-18(28)25-15-33-13-22(21(31)32)8-4-5-9-22/h1-3,6-7,14,17H,4-5,8-13,15H2,(H,23,27)(H,24,30)(H,25,28)(H,26,29)(H,31,32). The smallest absolute Gasteiger partial charge is 0.311 e. The molecule has 0 spiro atoms. The minimum atomic E-state index is -0.949. The van der Waals surface area contributed by atoms with Crippen LogP contribution in [0.25, 0.3) is 0 Å². The lowest BCUT2D eigenvalue weighted by molar-refractivity contribution is -0.153. The molecule has 180 valence electrons. The number of carboxylic acid groups (broad SMARTS) is 1. The van der Waals surface area contributed by atoms with Crippen molar-refractivity contribution in [2.45, 2.75) is 38.1 Å². The lowest BCUT2D eigenvalue weighted by Gasteiger charge is -2.23. The summed E-state index contributed by atoms with van der Waals surface area (Å²) >= 11 is 0. The summed E-state index contributed by atoms with van der Waals surface area (Å²) < 4.78 is 5.36. The molecule has 4 amide bonds. The summed E-state index contributed by atoms with van der Waals surface area (Å²) in [6, 6.07) is 8.07. The van der Waals surface area contributed by atoms with Crippen molar-refractivity contribution >= 4 is 30.1 Å². The van der Waals surface area contributed by atoms with Crippen molar-refractivity contribution in [2.75, 3.05) is 26.4 Å². The molecule has 1 unspecified atom stereocenters.